The smallest absolute Gasteiger partial charge is 0.231 e. The second kappa shape index (κ2) is 10.3. The Morgan fingerprint density at radius 1 is 1.15 bits per heavy atom. The van der Waals surface area contributed by atoms with Gasteiger partial charge in [0, 0.05) is 20.2 Å². The van der Waals surface area contributed by atoms with Crippen LogP contribution >= 0.6 is 12.4 Å². The molecule has 0 unspecified atom stereocenters. The molecular formula is C21H33ClN2O3. The standard InChI is InChI=1S/C21H32N2O3.ClH/c1-25-16-21(9-11-22-12-10-21)20(24)23-13-7-18(8-14-23)15-17-3-5-19(26-2)6-4-17;/h3-6,18,22H,7-16H2,1-2H3;1H. The highest BCUT2D eigenvalue weighted by molar-refractivity contribution is 5.85. The molecule has 0 saturated carbocycles. The Labute approximate surface area is 169 Å². The number of hydrogen-bond donors (Lipinski definition) is 1. The summed E-state index contributed by atoms with van der Waals surface area (Å²) in [6.07, 6.45) is 5.01. The van der Waals surface area contributed by atoms with Crippen LogP contribution in [0.2, 0.25) is 0 Å². The Kier molecular flexibility index (Phi) is 8.39. The van der Waals surface area contributed by atoms with E-state index in [1.54, 1.807) is 14.2 Å². The third-order valence-corrected chi connectivity index (χ3v) is 6.02. The molecule has 2 saturated heterocycles. The van der Waals surface area contributed by atoms with E-state index in [1.165, 1.54) is 5.56 Å². The van der Waals surface area contributed by atoms with Crippen molar-refractivity contribution in [3.63, 3.8) is 0 Å². The Morgan fingerprint density at radius 3 is 2.33 bits per heavy atom. The number of carbonyl (C=O) groups excluding carboxylic acids is 1. The molecule has 0 radical (unpaired) electrons. The van der Waals surface area contributed by atoms with Crippen molar-refractivity contribution < 1.29 is 14.3 Å². The molecular weight excluding hydrogens is 364 g/mol. The first kappa shape index (κ1) is 22.0. The van der Waals surface area contributed by atoms with Crippen LogP contribution in [-0.4, -0.2) is 57.8 Å². The van der Waals surface area contributed by atoms with Gasteiger partial charge in [0.2, 0.25) is 5.91 Å². The number of halogens is 1. The lowest BCUT2D eigenvalue weighted by molar-refractivity contribution is -0.149. The Morgan fingerprint density at radius 2 is 1.78 bits per heavy atom. The van der Waals surface area contributed by atoms with E-state index in [1.807, 2.05) is 12.1 Å². The van der Waals surface area contributed by atoms with E-state index in [2.05, 4.69) is 22.3 Å². The highest BCUT2D eigenvalue weighted by Gasteiger charge is 2.42. The van der Waals surface area contributed by atoms with E-state index >= 15 is 0 Å². The van der Waals surface area contributed by atoms with E-state index < -0.39 is 0 Å². The third kappa shape index (κ3) is 5.37. The number of methoxy groups -OCH3 is 2. The molecule has 3 rings (SSSR count). The lowest BCUT2D eigenvalue weighted by Gasteiger charge is -2.42. The van der Waals surface area contributed by atoms with Crippen LogP contribution in [-0.2, 0) is 16.0 Å². The highest BCUT2D eigenvalue weighted by atomic mass is 35.5. The fourth-order valence-corrected chi connectivity index (χ4v) is 4.37. The largest absolute Gasteiger partial charge is 0.497 e. The minimum Gasteiger partial charge on any atom is -0.497 e. The van der Waals surface area contributed by atoms with Crippen LogP contribution in [0, 0.1) is 11.3 Å². The molecule has 0 aliphatic carbocycles. The van der Waals surface area contributed by atoms with Gasteiger partial charge in [0.05, 0.1) is 19.1 Å². The fraction of sp³-hybridized carbons (Fsp3) is 0.667. The number of piperidine rings is 2. The molecule has 5 nitrogen and oxygen atoms in total. The summed E-state index contributed by atoms with van der Waals surface area (Å²) in [6, 6.07) is 8.36. The van der Waals surface area contributed by atoms with E-state index in [9.17, 15) is 4.79 Å². The molecule has 1 aromatic carbocycles. The summed E-state index contributed by atoms with van der Waals surface area (Å²) in [4.78, 5) is 15.3. The van der Waals surface area contributed by atoms with Crippen LogP contribution in [0.5, 0.6) is 5.75 Å². The maximum Gasteiger partial charge on any atom is 0.231 e. The zero-order valence-electron chi connectivity index (χ0n) is 16.5. The van der Waals surface area contributed by atoms with Crippen LogP contribution < -0.4 is 10.1 Å². The lowest BCUT2D eigenvalue weighted by Crippen LogP contribution is -2.53. The predicted octanol–water partition coefficient (Wildman–Crippen LogP) is 2.91. The normalized spacial score (nSPS) is 20.0. The first-order valence-electron chi connectivity index (χ1n) is 9.79. The number of benzene rings is 1. The third-order valence-electron chi connectivity index (χ3n) is 6.02. The van der Waals surface area contributed by atoms with Crippen molar-refractivity contribution in [1.82, 2.24) is 10.2 Å². The van der Waals surface area contributed by atoms with Crippen molar-refractivity contribution in [3.05, 3.63) is 29.8 Å². The summed E-state index contributed by atoms with van der Waals surface area (Å²) in [5.41, 5.74) is 1.04. The number of nitrogens with zero attached hydrogens (tertiary/aromatic N) is 1. The Bertz CT molecular complexity index is 574. The second-order valence-corrected chi connectivity index (χ2v) is 7.75. The van der Waals surface area contributed by atoms with E-state index in [-0.39, 0.29) is 17.8 Å². The molecule has 27 heavy (non-hydrogen) atoms. The van der Waals surface area contributed by atoms with E-state index in [4.69, 9.17) is 9.47 Å². The zero-order chi connectivity index (χ0) is 18.4. The fourth-order valence-electron chi connectivity index (χ4n) is 4.37. The number of ether oxygens (including phenoxy) is 2. The quantitative estimate of drug-likeness (QED) is 0.803. The minimum atomic E-state index is -0.317. The molecule has 0 bridgehead atoms. The van der Waals surface area contributed by atoms with Crippen LogP contribution in [0.15, 0.2) is 24.3 Å². The molecule has 1 aromatic rings. The van der Waals surface area contributed by atoms with Gasteiger partial charge in [0.15, 0.2) is 0 Å². The van der Waals surface area contributed by atoms with Crippen LogP contribution in [0.25, 0.3) is 0 Å². The van der Waals surface area contributed by atoms with Crippen LogP contribution in [0.4, 0.5) is 0 Å². The summed E-state index contributed by atoms with van der Waals surface area (Å²) in [6.45, 7) is 4.10. The summed E-state index contributed by atoms with van der Waals surface area (Å²) in [5, 5.41) is 3.36. The first-order valence-corrected chi connectivity index (χ1v) is 9.79. The van der Waals surface area contributed by atoms with Crippen LogP contribution in [0.3, 0.4) is 0 Å². The van der Waals surface area contributed by atoms with Gasteiger partial charge in [-0.3, -0.25) is 4.79 Å². The second-order valence-electron chi connectivity index (χ2n) is 7.75. The molecule has 2 fully saturated rings. The number of carbonyl (C=O) groups is 1. The highest BCUT2D eigenvalue weighted by Crippen LogP contribution is 2.33. The summed E-state index contributed by atoms with van der Waals surface area (Å²) in [7, 11) is 3.40. The minimum absolute atomic E-state index is 0. The van der Waals surface area contributed by atoms with Crippen molar-refractivity contribution in [1.29, 1.82) is 0 Å². The molecule has 0 aromatic heterocycles. The van der Waals surface area contributed by atoms with Crippen molar-refractivity contribution in [2.45, 2.75) is 32.1 Å². The number of nitrogens with one attached hydrogen (secondary N) is 1. The molecule has 152 valence electrons. The number of rotatable bonds is 6. The van der Waals surface area contributed by atoms with Crippen LogP contribution in [0.1, 0.15) is 31.2 Å². The first-order chi connectivity index (χ1) is 12.7. The molecule has 2 aliphatic heterocycles. The number of amides is 1. The van der Waals surface area contributed by atoms with Gasteiger partial charge in [0.25, 0.3) is 0 Å². The predicted molar refractivity (Wildman–Crippen MR) is 110 cm³/mol. The SMILES string of the molecule is COCC1(C(=O)N2CCC(Cc3ccc(OC)cc3)CC2)CCNCC1.Cl. The van der Waals surface area contributed by atoms with E-state index in [0.29, 0.717) is 18.4 Å². The van der Waals surface area contributed by atoms with Gasteiger partial charge >= 0.3 is 0 Å². The Balaban J connectivity index is 0.00000261. The molecule has 2 aliphatic rings. The summed E-state index contributed by atoms with van der Waals surface area (Å²) >= 11 is 0. The van der Waals surface area contributed by atoms with Gasteiger partial charge in [-0.25, -0.2) is 0 Å². The van der Waals surface area contributed by atoms with Gasteiger partial charge in [-0.1, -0.05) is 12.1 Å². The summed E-state index contributed by atoms with van der Waals surface area (Å²) < 4.78 is 10.7. The van der Waals surface area contributed by atoms with Crippen molar-refractivity contribution in [3.8, 4) is 5.75 Å². The average Bonchev–Trinajstić information content (AvgIpc) is 2.69. The van der Waals surface area contributed by atoms with Gasteiger partial charge in [-0.15, -0.1) is 12.4 Å². The molecule has 6 heteroatoms. The monoisotopic (exact) mass is 396 g/mol. The number of hydrogen-bond acceptors (Lipinski definition) is 4. The van der Waals surface area contributed by atoms with Gasteiger partial charge in [0.1, 0.15) is 5.75 Å². The van der Waals surface area contributed by atoms with Gasteiger partial charge in [-0.2, -0.15) is 0 Å². The number of likely N-dealkylation sites (tertiary alicyclic amines) is 1. The lowest BCUT2D eigenvalue weighted by atomic mass is 9.77. The van der Waals surface area contributed by atoms with Gasteiger partial charge in [-0.05, 0) is 68.8 Å². The summed E-state index contributed by atoms with van der Waals surface area (Å²) in [5.74, 6) is 1.86. The molecule has 0 spiro atoms. The van der Waals surface area contributed by atoms with Crippen molar-refractivity contribution >= 4 is 18.3 Å². The van der Waals surface area contributed by atoms with Crippen molar-refractivity contribution in [2.24, 2.45) is 11.3 Å². The average molecular weight is 397 g/mol. The molecule has 2 heterocycles. The zero-order valence-corrected chi connectivity index (χ0v) is 17.4. The topological polar surface area (TPSA) is 50.8 Å². The maximum atomic E-state index is 13.2. The molecule has 1 amide bonds. The van der Waals surface area contributed by atoms with Gasteiger partial charge < -0.3 is 19.7 Å². The Hall–Kier alpha value is -1.30. The maximum absolute atomic E-state index is 13.2. The van der Waals surface area contributed by atoms with Crippen molar-refractivity contribution in [2.75, 3.05) is 47.0 Å². The van der Waals surface area contributed by atoms with E-state index in [0.717, 1.165) is 64.0 Å². The molecule has 1 N–H and O–H groups in total. The molecule has 0 atom stereocenters.